The molecule has 1 aliphatic rings. The number of halogens is 1. The van der Waals surface area contributed by atoms with Gasteiger partial charge in [0, 0.05) is 24.0 Å². The molecular formula is C14H23IN2O2S2. The molecule has 1 unspecified atom stereocenters. The third-order valence-electron chi connectivity index (χ3n) is 3.88. The number of fused-ring (bicyclic) bond motifs is 1. The number of nitrogens with one attached hydrogen (secondary N) is 1. The summed E-state index contributed by atoms with van der Waals surface area (Å²) in [6, 6.07) is 2.74. The van der Waals surface area contributed by atoms with Gasteiger partial charge in [-0.2, -0.15) is 0 Å². The van der Waals surface area contributed by atoms with Crippen LogP contribution >= 0.6 is 33.9 Å². The highest BCUT2D eigenvalue weighted by Crippen LogP contribution is 2.36. The fourth-order valence-electron chi connectivity index (χ4n) is 2.82. The molecule has 0 bridgehead atoms. The molecule has 120 valence electrons. The van der Waals surface area contributed by atoms with E-state index < -0.39 is 10.0 Å². The Morgan fingerprint density at radius 2 is 2.29 bits per heavy atom. The van der Waals surface area contributed by atoms with Crippen LogP contribution < -0.4 is 5.32 Å². The first-order chi connectivity index (χ1) is 9.91. The smallest absolute Gasteiger partial charge is 0.211 e. The van der Waals surface area contributed by atoms with Crippen LogP contribution in [0.15, 0.2) is 6.07 Å². The second-order valence-electron chi connectivity index (χ2n) is 5.44. The largest absolute Gasteiger partial charge is 0.310 e. The predicted octanol–water partition coefficient (Wildman–Crippen LogP) is 2.99. The summed E-state index contributed by atoms with van der Waals surface area (Å²) in [5.41, 5.74) is 1.46. The van der Waals surface area contributed by atoms with Gasteiger partial charge >= 0.3 is 0 Å². The molecule has 21 heavy (non-hydrogen) atoms. The summed E-state index contributed by atoms with van der Waals surface area (Å²) in [5, 5.41) is 3.60. The lowest BCUT2D eigenvalue weighted by Gasteiger charge is -2.24. The number of aryl methyl sites for hydroxylation is 1. The van der Waals surface area contributed by atoms with Gasteiger partial charge in [0.05, 0.1) is 9.14 Å². The van der Waals surface area contributed by atoms with Gasteiger partial charge in [-0.3, -0.25) is 0 Å². The number of hydrogen-bond donors (Lipinski definition) is 1. The lowest BCUT2D eigenvalue weighted by Crippen LogP contribution is -2.33. The van der Waals surface area contributed by atoms with Gasteiger partial charge in [-0.1, -0.05) is 6.92 Å². The Morgan fingerprint density at radius 1 is 1.52 bits per heavy atom. The molecule has 1 heterocycles. The molecule has 1 aliphatic carbocycles. The van der Waals surface area contributed by atoms with Crippen LogP contribution in [0.5, 0.6) is 0 Å². The molecule has 0 aliphatic heterocycles. The Hall–Kier alpha value is 0.300. The van der Waals surface area contributed by atoms with Crippen LogP contribution in [0.4, 0.5) is 0 Å². The van der Waals surface area contributed by atoms with E-state index in [-0.39, 0.29) is 0 Å². The highest BCUT2D eigenvalue weighted by Gasteiger charge is 2.22. The van der Waals surface area contributed by atoms with Gasteiger partial charge in [-0.25, -0.2) is 12.7 Å². The lowest BCUT2D eigenvalue weighted by molar-refractivity contribution is 0.401. The van der Waals surface area contributed by atoms with E-state index in [0.29, 0.717) is 19.1 Å². The molecular weight excluding hydrogens is 419 g/mol. The summed E-state index contributed by atoms with van der Waals surface area (Å²) >= 11 is 4.30. The van der Waals surface area contributed by atoms with E-state index in [9.17, 15) is 8.42 Å². The van der Waals surface area contributed by atoms with Crippen LogP contribution in [-0.2, 0) is 16.4 Å². The highest BCUT2D eigenvalue weighted by molar-refractivity contribution is 14.1. The van der Waals surface area contributed by atoms with Crippen molar-refractivity contribution >= 4 is 44.0 Å². The van der Waals surface area contributed by atoms with Crippen LogP contribution in [-0.4, -0.2) is 38.6 Å². The van der Waals surface area contributed by atoms with Gasteiger partial charge in [0.15, 0.2) is 0 Å². The van der Waals surface area contributed by atoms with Crippen molar-refractivity contribution in [2.75, 3.05) is 25.9 Å². The molecule has 0 fully saturated rings. The first kappa shape index (κ1) is 17.7. The van der Waals surface area contributed by atoms with Gasteiger partial charge < -0.3 is 5.32 Å². The van der Waals surface area contributed by atoms with Crippen molar-refractivity contribution in [1.29, 1.82) is 0 Å². The second kappa shape index (κ2) is 7.72. The number of sulfonamides is 1. The zero-order chi connectivity index (χ0) is 15.5. The maximum Gasteiger partial charge on any atom is 0.211 e. The highest BCUT2D eigenvalue weighted by atomic mass is 127. The summed E-state index contributed by atoms with van der Waals surface area (Å²) in [6.45, 7) is 3.90. The summed E-state index contributed by atoms with van der Waals surface area (Å²) in [7, 11) is -3.06. The Kier molecular flexibility index (Phi) is 6.49. The fraction of sp³-hybridized carbons (Fsp3) is 0.714. The van der Waals surface area contributed by atoms with Gasteiger partial charge in [-0.15, -0.1) is 11.3 Å². The van der Waals surface area contributed by atoms with Crippen molar-refractivity contribution < 1.29 is 8.42 Å². The number of rotatable bonds is 7. The second-order valence-corrected chi connectivity index (χ2v) is 10.4. The Bertz CT molecular complexity index is 572. The van der Waals surface area contributed by atoms with E-state index in [1.807, 2.05) is 18.3 Å². The average Bonchev–Trinajstić information content (AvgIpc) is 2.78. The van der Waals surface area contributed by atoms with Crippen LogP contribution in [0, 0.1) is 2.88 Å². The lowest BCUT2D eigenvalue weighted by atomic mass is 9.94. The minimum absolute atomic E-state index is 0.446. The summed E-state index contributed by atoms with van der Waals surface area (Å²) < 4.78 is 26.0. The molecule has 1 N–H and O–H groups in total. The molecule has 1 aromatic rings. The van der Waals surface area contributed by atoms with Crippen molar-refractivity contribution in [1.82, 2.24) is 9.62 Å². The molecule has 0 saturated heterocycles. The number of nitrogens with zero attached hydrogens (tertiary/aromatic N) is 1. The van der Waals surface area contributed by atoms with Crippen molar-refractivity contribution in [3.05, 3.63) is 19.4 Å². The van der Waals surface area contributed by atoms with Crippen molar-refractivity contribution in [2.24, 2.45) is 0 Å². The van der Waals surface area contributed by atoms with Crippen LogP contribution in [0.3, 0.4) is 0 Å². The first-order valence-corrected chi connectivity index (χ1v) is 11.1. The fourth-order valence-corrected chi connectivity index (χ4v) is 5.87. The number of hydrogen-bond acceptors (Lipinski definition) is 4. The maximum absolute atomic E-state index is 11.5. The van der Waals surface area contributed by atoms with Crippen LogP contribution in [0.25, 0.3) is 0 Å². The minimum Gasteiger partial charge on any atom is -0.310 e. The SMILES string of the molecule is CCN(CCCNC1CCCc2sc(I)cc21)S(C)(=O)=O. The predicted molar refractivity (Wildman–Crippen MR) is 97.4 cm³/mol. The van der Waals surface area contributed by atoms with Crippen LogP contribution in [0.2, 0.25) is 0 Å². The first-order valence-electron chi connectivity index (χ1n) is 7.38. The average molecular weight is 442 g/mol. The molecule has 7 heteroatoms. The normalized spacial score (nSPS) is 19.0. The van der Waals surface area contributed by atoms with E-state index in [4.69, 9.17) is 0 Å². The van der Waals surface area contributed by atoms with E-state index in [1.165, 1.54) is 43.1 Å². The number of thiophene rings is 1. The Balaban J connectivity index is 1.82. The zero-order valence-electron chi connectivity index (χ0n) is 12.6. The summed E-state index contributed by atoms with van der Waals surface area (Å²) in [6.07, 6.45) is 5.77. The van der Waals surface area contributed by atoms with Gasteiger partial charge in [-0.05, 0) is 66.4 Å². The minimum atomic E-state index is -3.06. The van der Waals surface area contributed by atoms with Gasteiger partial charge in [0.2, 0.25) is 10.0 Å². The zero-order valence-corrected chi connectivity index (χ0v) is 16.4. The topological polar surface area (TPSA) is 49.4 Å². The molecule has 2 rings (SSSR count). The van der Waals surface area contributed by atoms with E-state index in [1.54, 1.807) is 0 Å². The van der Waals surface area contributed by atoms with Crippen molar-refractivity contribution in [3.63, 3.8) is 0 Å². The Labute approximate surface area is 145 Å². The molecule has 0 radical (unpaired) electrons. The quantitative estimate of drug-likeness (QED) is 0.522. The van der Waals surface area contributed by atoms with Gasteiger partial charge in [0.25, 0.3) is 0 Å². The molecule has 0 saturated carbocycles. The van der Waals surface area contributed by atoms with Crippen molar-refractivity contribution in [3.8, 4) is 0 Å². The molecule has 0 spiro atoms. The molecule has 4 nitrogen and oxygen atoms in total. The van der Waals surface area contributed by atoms with E-state index >= 15 is 0 Å². The molecule has 1 atom stereocenters. The molecule has 1 aromatic heterocycles. The van der Waals surface area contributed by atoms with Gasteiger partial charge in [0.1, 0.15) is 0 Å². The van der Waals surface area contributed by atoms with Crippen LogP contribution in [0.1, 0.15) is 42.7 Å². The standard InChI is InChI=1S/C14H23IN2O2S2/c1-3-17(21(2,18)19)9-5-8-16-12-6-4-7-13-11(12)10-14(15)20-13/h10,12,16H,3-9H2,1-2H3. The summed E-state index contributed by atoms with van der Waals surface area (Å²) in [4.78, 5) is 1.52. The third-order valence-corrected chi connectivity index (χ3v) is 7.23. The van der Waals surface area contributed by atoms with E-state index in [0.717, 1.165) is 13.0 Å². The monoisotopic (exact) mass is 442 g/mol. The summed E-state index contributed by atoms with van der Waals surface area (Å²) in [5.74, 6) is 0. The maximum atomic E-state index is 11.5. The third kappa shape index (κ3) is 4.89. The molecule has 0 amide bonds. The van der Waals surface area contributed by atoms with E-state index in [2.05, 4.69) is 34.0 Å². The Morgan fingerprint density at radius 3 is 2.95 bits per heavy atom. The molecule has 0 aromatic carbocycles. The van der Waals surface area contributed by atoms with Crippen molar-refractivity contribution in [2.45, 2.75) is 38.6 Å².